The molecule has 0 amide bonds. The van der Waals surface area contributed by atoms with Gasteiger partial charge in [0.05, 0.1) is 6.10 Å². The Morgan fingerprint density at radius 3 is 2.38 bits per heavy atom. The average Bonchev–Trinajstić information content (AvgIpc) is 2.00. The summed E-state index contributed by atoms with van der Waals surface area (Å²) >= 11 is 0. The van der Waals surface area contributed by atoms with Gasteiger partial charge in [-0.15, -0.1) is 0 Å². The maximum Gasteiger partial charge on any atom is 0.201 e. The molecule has 13 heavy (non-hydrogen) atoms. The van der Waals surface area contributed by atoms with Crippen molar-refractivity contribution in [2.45, 2.75) is 39.7 Å². The van der Waals surface area contributed by atoms with Crippen LogP contribution in [0.1, 0.15) is 33.6 Å². The van der Waals surface area contributed by atoms with E-state index in [2.05, 4.69) is 20.8 Å². The van der Waals surface area contributed by atoms with Crippen LogP contribution in [0.25, 0.3) is 0 Å². The fourth-order valence-electron chi connectivity index (χ4n) is 1.29. The molecule has 0 rings (SSSR count). The fourth-order valence-corrected chi connectivity index (χ4v) is 1.29. The first-order chi connectivity index (χ1) is 6.06. The highest BCUT2D eigenvalue weighted by Gasteiger charge is 2.02. The van der Waals surface area contributed by atoms with Crippen molar-refractivity contribution in [2.24, 2.45) is 11.8 Å². The van der Waals surface area contributed by atoms with E-state index in [0.29, 0.717) is 11.8 Å². The maximum absolute atomic E-state index is 9.92. The molecular formula is C11H19O2. The lowest BCUT2D eigenvalue weighted by molar-refractivity contribution is 0.229. The first kappa shape index (κ1) is 12.4. The van der Waals surface area contributed by atoms with Gasteiger partial charge in [0.2, 0.25) is 6.29 Å². The van der Waals surface area contributed by atoms with Gasteiger partial charge in [-0.25, -0.2) is 0 Å². The van der Waals surface area contributed by atoms with E-state index in [0.717, 1.165) is 6.42 Å². The molecule has 0 aromatic carbocycles. The Morgan fingerprint density at radius 2 is 1.92 bits per heavy atom. The number of rotatable bonds is 6. The highest BCUT2D eigenvalue weighted by Crippen LogP contribution is 2.12. The summed E-state index contributed by atoms with van der Waals surface area (Å²) in [5, 5.41) is 9.18. The lowest BCUT2D eigenvalue weighted by Crippen LogP contribution is -2.04. The second-order valence-electron chi connectivity index (χ2n) is 3.91. The third kappa shape index (κ3) is 7.72. The number of hydrogen-bond donors (Lipinski definition) is 1. The molecule has 0 heterocycles. The highest BCUT2D eigenvalue weighted by atomic mass is 16.3. The molecule has 0 aromatic heterocycles. The van der Waals surface area contributed by atoms with Crippen molar-refractivity contribution in [2.75, 3.05) is 0 Å². The Hall–Kier alpha value is -0.630. The van der Waals surface area contributed by atoms with Crippen molar-refractivity contribution in [1.29, 1.82) is 0 Å². The van der Waals surface area contributed by atoms with Gasteiger partial charge >= 0.3 is 0 Å². The van der Waals surface area contributed by atoms with Crippen LogP contribution in [0.5, 0.6) is 0 Å². The summed E-state index contributed by atoms with van der Waals surface area (Å²) < 4.78 is 0. The molecule has 2 heteroatoms. The summed E-state index contributed by atoms with van der Waals surface area (Å²) in [5.41, 5.74) is 0. The topological polar surface area (TPSA) is 37.3 Å². The third-order valence-corrected chi connectivity index (χ3v) is 1.80. The molecule has 1 radical (unpaired) electrons. The van der Waals surface area contributed by atoms with E-state index < -0.39 is 6.10 Å². The van der Waals surface area contributed by atoms with Crippen molar-refractivity contribution in [3.05, 3.63) is 12.2 Å². The Labute approximate surface area is 80.7 Å². The van der Waals surface area contributed by atoms with Crippen molar-refractivity contribution >= 4 is 6.29 Å². The van der Waals surface area contributed by atoms with Gasteiger partial charge in [0.1, 0.15) is 0 Å². The van der Waals surface area contributed by atoms with Crippen LogP contribution in [0.4, 0.5) is 0 Å². The Balaban J connectivity index is 3.74. The second-order valence-corrected chi connectivity index (χ2v) is 3.91. The number of aliphatic hydroxyl groups is 1. The third-order valence-electron chi connectivity index (χ3n) is 1.80. The molecule has 1 N–H and O–H groups in total. The molecule has 0 aromatic rings. The van der Waals surface area contributed by atoms with Crippen LogP contribution < -0.4 is 0 Å². The number of hydrogen-bond acceptors (Lipinski definition) is 2. The summed E-state index contributed by atoms with van der Waals surface area (Å²) in [6.45, 7) is 6.44. The van der Waals surface area contributed by atoms with Crippen LogP contribution in [-0.4, -0.2) is 17.5 Å². The zero-order chi connectivity index (χ0) is 10.3. The van der Waals surface area contributed by atoms with Crippen LogP contribution in [0, 0.1) is 11.8 Å². The number of carbonyl (C=O) groups excluding carboxylic acids is 1. The standard InChI is InChI=1S/C11H19O2/c1-9(2)8-10(3)4-5-11(13)6-7-12/h4-5,9-11,13H,6,8H2,1-3H3/b5-4-. The smallest absolute Gasteiger partial charge is 0.201 e. The van der Waals surface area contributed by atoms with Gasteiger partial charge in [-0.3, -0.25) is 4.79 Å². The van der Waals surface area contributed by atoms with Crippen molar-refractivity contribution in [3.63, 3.8) is 0 Å². The molecule has 0 saturated heterocycles. The number of allylic oxidation sites excluding steroid dienone is 1. The lowest BCUT2D eigenvalue weighted by atomic mass is 9.98. The first-order valence-corrected chi connectivity index (χ1v) is 4.77. The van der Waals surface area contributed by atoms with E-state index in [-0.39, 0.29) is 6.42 Å². The molecule has 0 spiro atoms. The molecule has 0 saturated carbocycles. The minimum atomic E-state index is -0.660. The van der Waals surface area contributed by atoms with E-state index in [1.54, 1.807) is 12.4 Å². The van der Waals surface area contributed by atoms with Crippen LogP contribution in [-0.2, 0) is 4.79 Å². The quantitative estimate of drug-likeness (QED) is 0.640. The van der Waals surface area contributed by atoms with E-state index in [1.807, 2.05) is 6.08 Å². The largest absolute Gasteiger partial charge is 0.389 e. The first-order valence-electron chi connectivity index (χ1n) is 4.77. The van der Waals surface area contributed by atoms with E-state index in [9.17, 15) is 9.90 Å². The van der Waals surface area contributed by atoms with Gasteiger partial charge in [0.15, 0.2) is 0 Å². The minimum absolute atomic E-state index is 0.0743. The summed E-state index contributed by atoms with van der Waals surface area (Å²) in [7, 11) is 0. The fraction of sp³-hybridized carbons (Fsp3) is 0.727. The van der Waals surface area contributed by atoms with Crippen molar-refractivity contribution in [3.8, 4) is 0 Å². The van der Waals surface area contributed by atoms with Crippen molar-refractivity contribution in [1.82, 2.24) is 0 Å². The molecule has 0 bridgehead atoms. The maximum atomic E-state index is 9.92. The van der Waals surface area contributed by atoms with Gasteiger partial charge in [0.25, 0.3) is 0 Å². The summed E-state index contributed by atoms with van der Waals surface area (Å²) in [6.07, 6.45) is 5.84. The molecule has 0 aliphatic carbocycles. The van der Waals surface area contributed by atoms with E-state index >= 15 is 0 Å². The molecule has 0 aliphatic heterocycles. The molecule has 75 valence electrons. The van der Waals surface area contributed by atoms with E-state index in [1.165, 1.54) is 0 Å². The second kappa shape index (κ2) is 6.84. The minimum Gasteiger partial charge on any atom is -0.389 e. The van der Waals surface area contributed by atoms with Crippen LogP contribution in [0.3, 0.4) is 0 Å². The lowest BCUT2D eigenvalue weighted by Gasteiger charge is -2.09. The summed E-state index contributed by atoms with van der Waals surface area (Å²) in [4.78, 5) is 9.92. The Kier molecular flexibility index (Phi) is 6.51. The van der Waals surface area contributed by atoms with Crippen LogP contribution in [0.2, 0.25) is 0 Å². The van der Waals surface area contributed by atoms with E-state index in [4.69, 9.17) is 0 Å². The number of aliphatic hydroxyl groups excluding tert-OH is 1. The monoisotopic (exact) mass is 183 g/mol. The Bertz CT molecular complexity index is 161. The molecule has 2 atom stereocenters. The molecule has 2 unspecified atom stereocenters. The van der Waals surface area contributed by atoms with Gasteiger partial charge in [-0.2, -0.15) is 0 Å². The molecule has 0 fully saturated rings. The zero-order valence-corrected chi connectivity index (χ0v) is 8.66. The van der Waals surface area contributed by atoms with Gasteiger partial charge < -0.3 is 5.11 Å². The van der Waals surface area contributed by atoms with Gasteiger partial charge in [-0.1, -0.05) is 32.9 Å². The molecule has 2 nitrogen and oxygen atoms in total. The SMILES string of the molecule is CC(C)CC(C)/C=C\C(O)C[C]=O. The predicted molar refractivity (Wildman–Crippen MR) is 54.1 cm³/mol. The molecule has 0 aliphatic rings. The summed E-state index contributed by atoms with van der Waals surface area (Å²) in [5.74, 6) is 1.12. The van der Waals surface area contributed by atoms with Gasteiger partial charge in [0, 0.05) is 6.42 Å². The zero-order valence-electron chi connectivity index (χ0n) is 8.66. The Morgan fingerprint density at radius 1 is 1.31 bits per heavy atom. The van der Waals surface area contributed by atoms with Crippen molar-refractivity contribution < 1.29 is 9.90 Å². The van der Waals surface area contributed by atoms with Crippen LogP contribution in [0.15, 0.2) is 12.2 Å². The predicted octanol–water partition coefficient (Wildman–Crippen LogP) is 2.09. The highest BCUT2D eigenvalue weighted by molar-refractivity contribution is 5.51. The normalized spacial score (nSPS) is 16.4. The molecular weight excluding hydrogens is 164 g/mol. The van der Waals surface area contributed by atoms with Gasteiger partial charge in [-0.05, 0) is 18.3 Å². The average molecular weight is 183 g/mol. The summed E-state index contributed by atoms with van der Waals surface area (Å²) in [6, 6.07) is 0. The van der Waals surface area contributed by atoms with Crippen LogP contribution >= 0.6 is 0 Å².